The molecule has 0 heterocycles. The summed E-state index contributed by atoms with van der Waals surface area (Å²) in [6.45, 7) is 3.32. The molecule has 0 saturated carbocycles. The Morgan fingerprint density at radius 1 is 1.25 bits per heavy atom. The van der Waals surface area contributed by atoms with Crippen LogP contribution in [0.1, 0.15) is 20.3 Å². The Bertz CT molecular complexity index is 444. The Hall–Kier alpha value is -2.08. The second-order valence-corrected chi connectivity index (χ2v) is 4.79. The number of benzene rings is 1. The fraction of sp³-hybridized carbons (Fsp3) is 0.429. The molecule has 110 valence electrons. The van der Waals surface area contributed by atoms with E-state index in [2.05, 4.69) is 16.0 Å². The van der Waals surface area contributed by atoms with Gasteiger partial charge >= 0.3 is 6.03 Å². The SMILES string of the molecule is CCC(C)(CO)NC(=O)CNC(=O)Nc1ccccc1. The van der Waals surface area contributed by atoms with E-state index in [0.29, 0.717) is 12.1 Å². The van der Waals surface area contributed by atoms with E-state index in [0.717, 1.165) is 0 Å². The first-order valence-electron chi connectivity index (χ1n) is 6.51. The van der Waals surface area contributed by atoms with Gasteiger partial charge in [-0.3, -0.25) is 4.79 Å². The normalized spacial score (nSPS) is 13.2. The van der Waals surface area contributed by atoms with E-state index in [1.165, 1.54) is 0 Å². The average molecular weight is 279 g/mol. The van der Waals surface area contributed by atoms with Crippen molar-refractivity contribution in [3.05, 3.63) is 30.3 Å². The second kappa shape index (κ2) is 7.49. The highest BCUT2D eigenvalue weighted by Gasteiger charge is 2.23. The first kappa shape index (κ1) is 16.0. The number of rotatable bonds is 6. The molecule has 0 aliphatic carbocycles. The molecule has 4 N–H and O–H groups in total. The maximum atomic E-state index is 11.7. The van der Waals surface area contributed by atoms with Crippen molar-refractivity contribution in [1.29, 1.82) is 0 Å². The Kier molecular flexibility index (Phi) is 5.99. The highest BCUT2D eigenvalue weighted by atomic mass is 16.3. The van der Waals surface area contributed by atoms with E-state index in [1.807, 2.05) is 13.0 Å². The lowest BCUT2D eigenvalue weighted by molar-refractivity contribution is -0.122. The van der Waals surface area contributed by atoms with E-state index < -0.39 is 11.6 Å². The van der Waals surface area contributed by atoms with Crippen molar-refractivity contribution < 1.29 is 14.7 Å². The third kappa shape index (κ3) is 5.27. The van der Waals surface area contributed by atoms with Crippen molar-refractivity contribution in [1.82, 2.24) is 10.6 Å². The van der Waals surface area contributed by atoms with Crippen molar-refractivity contribution in [2.24, 2.45) is 0 Å². The van der Waals surface area contributed by atoms with Gasteiger partial charge in [-0.15, -0.1) is 0 Å². The number of aliphatic hydroxyl groups is 1. The smallest absolute Gasteiger partial charge is 0.319 e. The van der Waals surface area contributed by atoms with Crippen LogP contribution in [-0.4, -0.2) is 35.7 Å². The molecule has 1 unspecified atom stereocenters. The summed E-state index contributed by atoms with van der Waals surface area (Å²) in [5.41, 5.74) is -0.00606. The zero-order valence-corrected chi connectivity index (χ0v) is 11.8. The molecule has 0 radical (unpaired) electrons. The highest BCUT2D eigenvalue weighted by Crippen LogP contribution is 2.07. The zero-order valence-electron chi connectivity index (χ0n) is 11.8. The van der Waals surface area contributed by atoms with Gasteiger partial charge in [0.1, 0.15) is 0 Å². The Morgan fingerprint density at radius 2 is 1.90 bits per heavy atom. The van der Waals surface area contributed by atoms with Gasteiger partial charge in [-0.05, 0) is 25.5 Å². The molecule has 0 aromatic heterocycles. The number of carbonyl (C=O) groups is 2. The van der Waals surface area contributed by atoms with Crippen LogP contribution >= 0.6 is 0 Å². The number of amides is 3. The Morgan fingerprint density at radius 3 is 2.45 bits per heavy atom. The van der Waals surface area contributed by atoms with Crippen LogP contribution in [0.15, 0.2) is 30.3 Å². The summed E-state index contributed by atoms with van der Waals surface area (Å²) in [4.78, 5) is 23.2. The van der Waals surface area contributed by atoms with Crippen LogP contribution in [0.4, 0.5) is 10.5 Å². The van der Waals surface area contributed by atoms with E-state index in [1.54, 1.807) is 31.2 Å². The van der Waals surface area contributed by atoms with Gasteiger partial charge in [0.2, 0.25) is 5.91 Å². The number of hydrogen-bond donors (Lipinski definition) is 4. The molecule has 1 aromatic rings. The summed E-state index contributed by atoms with van der Waals surface area (Å²) >= 11 is 0. The molecule has 1 atom stereocenters. The van der Waals surface area contributed by atoms with Crippen molar-refractivity contribution in [3.63, 3.8) is 0 Å². The summed E-state index contributed by atoms with van der Waals surface area (Å²) in [6, 6.07) is 8.50. The van der Waals surface area contributed by atoms with Crippen LogP contribution in [-0.2, 0) is 4.79 Å². The maximum Gasteiger partial charge on any atom is 0.319 e. The number of nitrogens with one attached hydrogen (secondary N) is 3. The molecule has 1 rings (SSSR count). The predicted molar refractivity (Wildman–Crippen MR) is 77.4 cm³/mol. The van der Waals surface area contributed by atoms with Crippen LogP contribution < -0.4 is 16.0 Å². The lowest BCUT2D eigenvalue weighted by Crippen LogP contribution is -2.51. The van der Waals surface area contributed by atoms with Gasteiger partial charge in [-0.1, -0.05) is 25.1 Å². The minimum atomic E-state index is -0.658. The molecule has 0 fully saturated rings. The largest absolute Gasteiger partial charge is 0.394 e. The Balaban J connectivity index is 2.36. The lowest BCUT2D eigenvalue weighted by Gasteiger charge is -2.27. The van der Waals surface area contributed by atoms with Crippen LogP contribution in [0.3, 0.4) is 0 Å². The minimum absolute atomic E-state index is 0.145. The highest BCUT2D eigenvalue weighted by molar-refractivity contribution is 5.92. The van der Waals surface area contributed by atoms with Crippen molar-refractivity contribution in [3.8, 4) is 0 Å². The first-order valence-corrected chi connectivity index (χ1v) is 6.51. The third-order valence-corrected chi connectivity index (χ3v) is 3.01. The van der Waals surface area contributed by atoms with Crippen LogP contribution in [0.5, 0.6) is 0 Å². The predicted octanol–water partition coefficient (Wildman–Crippen LogP) is 1.09. The third-order valence-electron chi connectivity index (χ3n) is 3.01. The monoisotopic (exact) mass is 279 g/mol. The van der Waals surface area contributed by atoms with Crippen molar-refractivity contribution >= 4 is 17.6 Å². The van der Waals surface area contributed by atoms with Gasteiger partial charge in [0.25, 0.3) is 0 Å². The molecule has 0 aliphatic rings. The fourth-order valence-electron chi connectivity index (χ4n) is 1.48. The molecule has 6 nitrogen and oxygen atoms in total. The van der Waals surface area contributed by atoms with Crippen LogP contribution in [0.25, 0.3) is 0 Å². The van der Waals surface area contributed by atoms with Gasteiger partial charge in [0, 0.05) is 5.69 Å². The minimum Gasteiger partial charge on any atom is -0.394 e. The topological polar surface area (TPSA) is 90.5 Å². The number of hydrogen-bond acceptors (Lipinski definition) is 3. The maximum absolute atomic E-state index is 11.7. The fourth-order valence-corrected chi connectivity index (χ4v) is 1.48. The summed E-state index contributed by atoms with van der Waals surface area (Å²) in [5.74, 6) is -0.341. The molecule has 20 heavy (non-hydrogen) atoms. The number of aliphatic hydroxyl groups excluding tert-OH is 1. The van der Waals surface area contributed by atoms with Gasteiger partial charge in [0.05, 0.1) is 18.7 Å². The molecule has 6 heteroatoms. The van der Waals surface area contributed by atoms with Crippen LogP contribution in [0, 0.1) is 0 Å². The quantitative estimate of drug-likeness (QED) is 0.628. The van der Waals surface area contributed by atoms with Gasteiger partial charge < -0.3 is 21.1 Å². The summed E-state index contributed by atoms with van der Waals surface area (Å²) in [5, 5.41) is 16.9. The summed E-state index contributed by atoms with van der Waals surface area (Å²) < 4.78 is 0. The van der Waals surface area contributed by atoms with Crippen molar-refractivity contribution in [2.45, 2.75) is 25.8 Å². The van der Waals surface area contributed by atoms with Gasteiger partial charge in [0.15, 0.2) is 0 Å². The van der Waals surface area contributed by atoms with E-state index in [-0.39, 0.29) is 19.1 Å². The first-order chi connectivity index (χ1) is 9.49. The lowest BCUT2D eigenvalue weighted by atomic mass is 10.0. The number of urea groups is 1. The molecular weight excluding hydrogens is 258 g/mol. The molecule has 0 spiro atoms. The number of anilines is 1. The number of carbonyl (C=O) groups excluding carboxylic acids is 2. The summed E-state index contributed by atoms with van der Waals surface area (Å²) in [7, 11) is 0. The molecule has 0 aliphatic heterocycles. The molecule has 0 bridgehead atoms. The second-order valence-electron chi connectivity index (χ2n) is 4.79. The average Bonchev–Trinajstić information content (AvgIpc) is 2.46. The van der Waals surface area contributed by atoms with Gasteiger partial charge in [-0.2, -0.15) is 0 Å². The molecular formula is C14H21N3O3. The van der Waals surface area contributed by atoms with Crippen LogP contribution in [0.2, 0.25) is 0 Å². The molecule has 1 aromatic carbocycles. The summed E-state index contributed by atoms with van der Waals surface area (Å²) in [6.07, 6.45) is 0.603. The molecule has 0 saturated heterocycles. The number of para-hydroxylation sites is 1. The van der Waals surface area contributed by atoms with E-state index in [4.69, 9.17) is 0 Å². The zero-order chi connectivity index (χ0) is 15.0. The van der Waals surface area contributed by atoms with Gasteiger partial charge in [-0.25, -0.2) is 4.79 Å². The Labute approximate surface area is 118 Å². The van der Waals surface area contributed by atoms with E-state index >= 15 is 0 Å². The van der Waals surface area contributed by atoms with E-state index in [9.17, 15) is 14.7 Å². The molecule has 3 amide bonds. The van der Waals surface area contributed by atoms with Crippen molar-refractivity contribution in [2.75, 3.05) is 18.5 Å². The standard InChI is InChI=1S/C14H21N3O3/c1-3-14(2,10-18)17-12(19)9-15-13(20)16-11-7-5-4-6-8-11/h4-8,18H,3,9-10H2,1-2H3,(H,17,19)(H2,15,16,20).